The monoisotopic (exact) mass is 532 g/mol. The van der Waals surface area contributed by atoms with Gasteiger partial charge in [0.05, 0.1) is 16.4 Å². The molecule has 0 aromatic heterocycles. The van der Waals surface area contributed by atoms with Crippen molar-refractivity contribution in [2.45, 2.75) is 46.1 Å². The summed E-state index contributed by atoms with van der Waals surface area (Å²) < 4.78 is 12.8. The van der Waals surface area contributed by atoms with E-state index in [1.165, 1.54) is 19.3 Å². The first kappa shape index (κ1) is 22.1. The number of carbonyl (C=O) groups is 1. The van der Waals surface area contributed by atoms with Gasteiger partial charge in [-0.05, 0) is 76.9 Å². The van der Waals surface area contributed by atoms with Crippen molar-refractivity contribution in [3.8, 4) is 11.5 Å². The van der Waals surface area contributed by atoms with Crippen LogP contribution in [0.2, 0.25) is 0 Å². The lowest BCUT2D eigenvalue weighted by Crippen LogP contribution is -2.22. The number of nitrogens with zero attached hydrogens (tertiary/aromatic N) is 1. The average Bonchev–Trinajstić information content (AvgIpc) is 3.39. The Morgan fingerprint density at radius 1 is 1.26 bits per heavy atom. The van der Waals surface area contributed by atoms with Crippen molar-refractivity contribution in [3.05, 3.63) is 57.2 Å². The highest BCUT2D eigenvalue weighted by Gasteiger charge is 2.64. The summed E-state index contributed by atoms with van der Waals surface area (Å²) in [6.45, 7) is 5.21. The first-order valence-electron chi connectivity index (χ1n) is 11.0. The molecule has 0 unspecified atom stereocenters. The molecule has 0 spiro atoms. The molecule has 2 aliphatic carbocycles. The average molecular weight is 532 g/mol. The van der Waals surface area contributed by atoms with Gasteiger partial charge in [0.1, 0.15) is 6.61 Å². The van der Waals surface area contributed by atoms with E-state index >= 15 is 0 Å². The predicted molar refractivity (Wildman–Crippen MR) is 130 cm³/mol. The van der Waals surface area contributed by atoms with E-state index in [0.29, 0.717) is 24.9 Å². The quantitative estimate of drug-likeness (QED) is 0.276. The molecule has 1 N–H and O–H groups in total. The molecule has 0 bridgehead atoms. The van der Waals surface area contributed by atoms with E-state index in [4.69, 9.17) is 9.47 Å². The molecule has 0 aliphatic heterocycles. The van der Waals surface area contributed by atoms with Gasteiger partial charge in [-0.15, -0.1) is 0 Å². The highest BCUT2D eigenvalue weighted by atomic mass is 127. The zero-order valence-corrected chi connectivity index (χ0v) is 20.2. The van der Waals surface area contributed by atoms with E-state index in [0.717, 1.165) is 26.9 Å². The maximum atomic E-state index is 12.6. The third-order valence-corrected chi connectivity index (χ3v) is 7.36. The Kier molecular flexibility index (Phi) is 6.84. The molecular weight excluding hydrogens is 503 g/mol. The smallest absolute Gasteiger partial charge is 0.244 e. The zero-order chi connectivity index (χ0) is 21.8. The van der Waals surface area contributed by atoms with Gasteiger partial charge in [0.2, 0.25) is 5.91 Å². The van der Waals surface area contributed by atoms with Crippen LogP contribution < -0.4 is 14.9 Å². The van der Waals surface area contributed by atoms with Crippen LogP contribution in [-0.2, 0) is 11.4 Å². The maximum Gasteiger partial charge on any atom is 0.244 e. The molecule has 0 radical (unpaired) electrons. The number of nitrogens with one attached hydrogen (secondary N) is 1. The molecule has 5 nitrogen and oxygen atoms in total. The standard InChI is InChI=1S/C25H29IN2O3/c1-3-30-21-14-18(13-20(26)23(21)31-16-17-9-5-4-6-10-17)15-27-28-24(29)22-19-11-7-8-12-25(19,22)2/h4-6,9-10,13-15,19,22H,3,7-8,11-12,16H2,1-2H3,(H,28,29)/b27-15-/t19-,22-,25-/m0/s1. The normalized spacial score (nSPS) is 24.5. The van der Waals surface area contributed by atoms with Gasteiger partial charge >= 0.3 is 0 Å². The highest BCUT2D eigenvalue weighted by Crippen LogP contribution is 2.66. The van der Waals surface area contributed by atoms with Crippen molar-refractivity contribution < 1.29 is 14.3 Å². The molecule has 4 rings (SSSR count). The fourth-order valence-electron chi connectivity index (χ4n) is 4.89. The summed E-state index contributed by atoms with van der Waals surface area (Å²) in [5, 5.41) is 4.23. The van der Waals surface area contributed by atoms with Crippen LogP contribution in [0.5, 0.6) is 11.5 Å². The van der Waals surface area contributed by atoms with E-state index in [1.54, 1.807) is 6.21 Å². The number of hydrogen-bond donors (Lipinski definition) is 1. The second kappa shape index (κ2) is 9.59. The third-order valence-electron chi connectivity index (χ3n) is 6.56. The molecule has 164 valence electrons. The van der Waals surface area contributed by atoms with Crippen LogP contribution in [0.25, 0.3) is 0 Å². The van der Waals surface area contributed by atoms with Crippen LogP contribution in [0.15, 0.2) is 47.6 Å². The summed E-state index contributed by atoms with van der Waals surface area (Å²) in [5.41, 5.74) is 4.91. The molecule has 0 heterocycles. The first-order valence-corrected chi connectivity index (χ1v) is 12.1. The number of amides is 1. The second-order valence-corrected chi connectivity index (χ2v) is 9.77. The molecule has 6 heteroatoms. The van der Waals surface area contributed by atoms with Crippen LogP contribution in [0.1, 0.15) is 50.7 Å². The van der Waals surface area contributed by atoms with E-state index in [1.807, 2.05) is 49.4 Å². The molecule has 31 heavy (non-hydrogen) atoms. The van der Waals surface area contributed by atoms with Crippen molar-refractivity contribution in [1.29, 1.82) is 0 Å². The minimum absolute atomic E-state index is 0.0493. The minimum atomic E-state index is 0.0493. The lowest BCUT2D eigenvalue weighted by atomic mass is 9.90. The van der Waals surface area contributed by atoms with Gasteiger partial charge < -0.3 is 9.47 Å². The fourth-order valence-corrected chi connectivity index (χ4v) is 5.67. The number of halogens is 1. The van der Waals surface area contributed by atoms with Gasteiger partial charge in [-0.3, -0.25) is 4.79 Å². The Morgan fingerprint density at radius 2 is 2.06 bits per heavy atom. The molecule has 0 saturated heterocycles. The number of fused-ring (bicyclic) bond motifs is 1. The predicted octanol–water partition coefficient (Wildman–Crippen LogP) is 5.55. The summed E-state index contributed by atoms with van der Waals surface area (Å²) in [6, 6.07) is 13.9. The first-order chi connectivity index (χ1) is 15.0. The van der Waals surface area contributed by atoms with Gasteiger partial charge in [-0.1, -0.05) is 50.1 Å². The zero-order valence-electron chi connectivity index (χ0n) is 18.1. The highest BCUT2D eigenvalue weighted by molar-refractivity contribution is 14.1. The maximum absolute atomic E-state index is 12.6. The number of benzene rings is 2. The van der Waals surface area contributed by atoms with Gasteiger partial charge in [-0.2, -0.15) is 5.10 Å². The van der Waals surface area contributed by atoms with E-state index < -0.39 is 0 Å². The molecule has 3 atom stereocenters. The van der Waals surface area contributed by atoms with Crippen molar-refractivity contribution in [1.82, 2.24) is 5.43 Å². The molecule has 2 aliphatic rings. The number of hydrazone groups is 1. The molecule has 2 fully saturated rings. The van der Waals surface area contributed by atoms with E-state index in [9.17, 15) is 4.79 Å². The van der Waals surface area contributed by atoms with E-state index in [-0.39, 0.29) is 17.2 Å². The summed E-state index contributed by atoms with van der Waals surface area (Å²) in [4.78, 5) is 12.6. The van der Waals surface area contributed by atoms with Crippen LogP contribution in [-0.4, -0.2) is 18.7 Å². The molecule has 2 aromatic carbocycles. The van der Waals surface area contributed by atoms with Crippen LogP contribution in [0.4, 0.5) is 0 Å². The summed E-state index contributed by atoms with van der Waals surface area (Å²) in [7, 11) is 0. The molecular formula is C25H29IN2O3. The second-order valence-electron chi connectivity index (χ2n) is 8.61. The van der Waals surface area contributed by atoms with Crippen molar-refractivity contribution in [2.75, 3.05) is 6.61 Å². The van der Waals surface area contributed by atoms with E-state index in [2.05, 4.69) is 40.0 Å². The Labute approximate surface area is 197 Å². The number of hydrogen-bond acceptors (Lipinski definition) is 4. The molecule has 2 saturated carbocycles. The van der Waals surface area contributed by atoms with Gasteiger partial charge in [0, 0.05) is 5.92 Å². The lowest BCUT2D eigenvalue weighted by molar-refractivity contribution is -0.123. The van der Waals surface area contributed by atoms with Crippen LogP contribution in [0.3, 0.4) is 0 Å². The Balaban J connectivity index is 1.41. The summed E-state index contributed by atoms with van der Waals surface area (Å²) in [5.74, 6) is 2.09. The Hall–Kier alpha value is -2.09. The minimum Gasteiger partial charge on any atom is -0.490 e. The third kappa shape index (κ3) is 4.89. The SMILES string of the molecule is CCOc1cc(/C=N\NC(=O)[C@@H]2[C@@H]3CCCC[C@]23C)cc(I)c1OCc1ccccc1. The Morgan fingerprint density at radius 3 is 2.77 bits per heavy atom. The number of carbonyl (C=O) groups excluding carboxylic acids is 1. The van der Waals surface area contributed by atoms with Crippen LogP contribution in [0, 0.1) is 20.8 Å². The van der Waals surface area contributed by atoms with Gasteiger partial charge in [0.25, 0.3) is 0 Å². The van der Waals surface area contributed by atoms with Gasteiger partial charge in [0.15, 0.2) is 11.5 Å². The topological polar surface area (TPSA) is 59.9 Å². The number of ether oxygens (including phenoxy) is 2. The van der Waals surface area contributed by atoms with Crippen LogP contribution >= 0.6 is 22.6 Å². The van der Waals surface area contributed by atoms with Gasteiger partial charge in [-0.25, -0.2) is 5.43 Å². The summed E-state index contributed by atoms with van der Waals surface area (Å²) in [6.07, 6.45) is 6.47. The van der Waals surface area contributed by atoms with Crippen molar-refractivity contribution in [2.24, 2.45) is 22.4 Å². The molecule has 2 aromatic rings. The lowest BCUT2D eigenvalue weighted by Gasteiger charge is -2.15. The molecule has 1 amide bonds. The largest absolute Gasteiger partial charge is 0.490 e. The summed E-state index contributed by atoms with van der Waals surface area (Å²) >= 11 is 2.25. The fraction of sp³-hybridized carbons (Fsp3) is 0.440. The van der Waals surface area contributed by atoms with Crippen molar-refractivity contribution >= 4 is 34.7 Å². The van der Waals surface area contributed by atoms with Crippen molar-refractivity contribution in [3.63, 3.8) is 0 Å². The Bertz CT molecular complexity index is 963. The number of rotatable bonds is 8.